The number of hydrogen-bond donors (Lipinski definition) is 2. The summed E-state index contributed by atoms with van der Waals surface area (Å²) >= 11 is 5.69. The topological polar surface area (TPSA) is 45.1 Å². The zero-order valence-corrected chi connectivity index (χ0v) is 8.25. The van der Waals surface area contributed by atoms with E-state index >= 15 is 0 Å². The Kier molecular flexibility index (Phi) is 3.99. The van der Waals surface area contributed by atoms with Gasteiger partial charge in [0.2, 0.25) is 0 Å². The van der Waals surface area contributed by atoms with E-state index in [-0.39, 0.29) is 6.10 Å². The average molecular weight is 201 g/mol. The average Bonchev–Trinajstić information content (AvgIpc) is 2.03. The van der Waals surface area contributed by atoms with Crippen molar-refractivity contribution in [2.45, 2.75) is 19.4 Å². The van der Waals surface area contributed by atoms with E-state index in [2.05, 4.69) is 10.3 Å². The van der Waals surface area contributed by atoms with Gasteiger partial charge in [-0.1, -0.05) is 17.7 Å². The number of rotatable bonds is 4. The second-order valence-electron chi connectivity index (χ2n) is 2.91. The van der Waals surface area contributed by atoms with Gasteiger partial charge in [-0.2, -0.15) is 0 Å². The molecule has 4 heteroatoms. The molecule has 0 aliphatic heterocycles. The molecule has 1 heterocycles. The summed E-state index contributed by atoms with van der Waals surface area (Å²) in [5.74, 6) is 0.744. The van der Waals surface area contributed by atoms with Gasteiger partial charge in [0.15, 0.2) is 0 Å². The first kappa shape index (κ1) is 10.3. The number of pyridine rings is 1. The van der Waals surface area contributed by atoms with Gasteiger partial charge in [0, 0.05) is 6.54 Å². The van der Waals surface area contributed by atoms with Crippen molar-refractivity contribution in [2.24, 2.45) is 0 Å². The van der Waals surface area contributed by atoms with E-state index in [1.54, 1.807) is 13.0 Å². The van der Waals surface area contributed by atoms with Gasteiger partial charge in [-0.05, 0) is 25.5 Å². The van der Waals surface area contributed by atoms with Gasteiger partial charge in [0.25, 0.3) is 0 Å². The lowest BCUT2D eigenvalue weighted by molar-refractivity contribution is 0.188. The number of aromatic nitrogens is 1. The fourth-order valence-electron chi connectivity index (χ4n) is 0.916. The summed E-state index contributed by atoms with van der Waals surface area (Å²) in [5, 5.41) is 12.5. The van der Waals surface area contributed by atoms with Crippen LogP contribution in [0.25, 0.3) is 0 Å². The molecule has 1 aromatic heterocycles. The predicted molar refractivity (Wildman–Crippen MR) is 54.0 cm³/mol. The normalized spacial score (nSPS) is 12.5. The molecular weight excluding hydrogens is 188 g/mol. The van der Waals surface area contributed by atoms with Crippen LogP contribution >= 0.6 is 11.6 Å². The lowest BCUT2D eigenvalue weighted by Gasteiger charge is -2.06. The van der Waals surface area contributed by atoms with E-state index in [1.807, 2.05) is 12.1 Å². The number of halogens is 1. The Morgan fingerprint density at radius 3 is 3.00 bits per heavy atom. The highest BCUT2D eigenvalue weighted by Gasteiger charge is 1.96. The van der Waals surface area contributed by atoms with E-state index in [0.717, 1.165) is 5.82 Å². The summed E-state index contributed by atoms with van der Waals surface area (Å²) in [5.41, 5.74) is 0. The molecule has 1 unspecified atom stereocenters. The lowest BCUT2D eigenvalue weighted by Crippen LogP contribution is -2.10. The van der Waals surface area contributed by atoms with Gasteiger partial charge in [-0.15, -0.1) is 0 Å². The quantitative estimate of drug-likeness (QED) is 0.730. The molecule has 0 aliphatic carbocycles. The van der Waals surface area contributed by atoms with Crippen molar-refractivity contribution in [1.82, 2.24) is 4.98 Å². The molecule has 1 rings (SSSR count). The van der Waals surface area contributed by atoms with Crippen LogP contribution in [-0.2, 0) is 0 Å². The Bertz CT molecular complexity index is 266. The van der Waals surface area contributed by atoms with Gasteiger partial charge in [-0.25, -0.2) is 4.98 Å². The van der Waals surface area contributed by atoms with E-state index in [9.17, 15) is 0 Å². The monoisotopic (exact) mass is 200 g/mol. The lowest BCUT2D eigenvalue weighted by atomic mass is 10.3. The molecule has 1 atom stereocenters. The smallest absolute Gasteiger partial charge is 0.131 e. The highest BCUT2D eigenvalue weighted by atomic mass is 35.5. The maximum absolute atomic E-state index is 9.00. The summed E-state index contributed by atoms with van der Waals surface area (Å²) in [7, 11) is 0. The molecule has 0 spiro atoms. The zero-order valence-electron chi connectivity index (χ0n) is 7.50. The summed E-state index contributed by atoms with van der Waals surface area (Å²) in [6, 6.07) is 5.40. The maximum atomic E-state index is 9.00. The van der Waals surface area contributed by atoms with Crippen LogP contribution in [0.2, 0.25) is 5.15 Å². The van der Waals surface area contributed by atoms with Gasteiger partial charge in [0.05, 0.1) is 6.10 Å². The zero-order chi connectivity index (χ0) is 9.68. The first-order chi connectivity index (χ1) is 6.18. The van der Waals surface area contributed by atoms with Crippen molar-refractivity contribution >= 4 is 17.4 Å². The summed E-state index contributed by atoms with van der Waals surface area (Å²) in [4.78, 5) is 4.04. The molecule has 0 fully saturated rings. The highest BCUT2D eigenvalue weighted by Crippen LogP contribution is 2.08. The van der Waals surface area contributed by atoms with E-state index in [1.165, 1.54) is 0 Å². The largest absolute Gasteiger partial charge is 0.393 e. The van der Waals surface area contributed by atoms with Gasteiger partial charge >= 0.3 is 0 Å². The van der Waals surface area contributed by atoms with Crippen molar-refractivity contribution in [1.29, 1.82) is 0 Å². The summed E-state index contributed by atoms with van der Waals surface area (Å²) < 4.78 is 0. The predicted octanol–water partition coefficient (Wildman–Crippen LogP) is 1.92. The van der Waals surface area contributed by atoms with Crippen LogP contribution in [0.3, 0.4) is 0 Å². The van der Waals surface area contributed by atoms with Crippen molar-refractivity contribution in [3.8, 4) is 0 Å². The molecule has 0 aliphatic rings. The molecule has 0 amide bonds. The standard InChI is InChI=1S/C9H13ClN2O/c1-7(13)5-6-11-9-4-2-3-8(10)12-9/h2-4,7,13H,5-6H2,1H3,(H,11,12). The van der Waals surface area contributed by atoms with Gasteiger partial charge < -0.3 is 10.4 Å². The second-order valence-corrected chi connectivity index (χ2v) is 3.30. The van der Waals surface area contributed by atoms with Crippen LogP contribution in [0, 0.1) is 0 Å². The Balaban J connectivity index is 2.37. The van der Waals surface area contributed by atoms with Crippen LogP contribution in [0.5, 0.6) is 0 Å². The minimum atomic E-state index is -0.285. The Labute approximate surface area is 82.8 Å². The molecule has 0 saturated heterocycles. The van der Waals surface area contributed by atoms with E-state index in [0.29, 0.717) is 18.1 Å². The molecule has 0 saturated carbocycles. The van der Waals surface area contributed by atoms with Crippen LogP contribution in [0.4, 0.5) is 5.82 Å². The van der Waals surface area contributed by atoms with E-state index in [4.69, 9.17) is 16.7 Å². The number of nitrogens with zero attached hydrogens (tertiary/aromatic N) is 1. The number of aliphatic hydroxyl groups excluding tert-OH is 1. The fraction of sp³-hybridized carbons (Fsp3) is 0.444. The summed E-state index contributed by atoms with van der Waals surface area (Å²) in [6.07, 6.45) is 0.417. The molecule has 2 N–H and O–H groups in total. The Hall–Kier alpha value is -0.800. The Morgan fingerprint density at radius 1 is 1.62 bits per heavy atom. The fourth-order valence-corrected chi connectivity index (χ4v) is 1.08. The van der Waals surface area contributed by atoms with Crippen molar-refractivity contribution in [3.63, 3.8) is 0 Å². The first-order valence-electron chi connectivity index (χ1n) is 4.23. The molecule has 3 nitrogen and oxygen atoms in total. The van der Waals surface area contributed by atoms with Crippen LogP contribution in [0.15, 0.2) is 18.2 Å². The Morgan fingerprint density at radius 2 is 2.38 bits per heavy atom. The third-order valence-electron chi connectivity index (χ3n) is 1.58. The molecule has 72 valence electrons. The SMILES string of the molecule is CC(O)CCNc1cccc(Cl)n1. The third-order valence-corrected chi connectivity index (χ3v) is 1.79. The van der Waals surface area contributed by atoms with Gasteiger partial charge in [0.1, 0.15) is 11.0 Å². The molecular formula is C9H13ClN2O. The second kappa shape index (κ2) is 5.04. The third kappa shape index (κ3) is 4.10. The molecule has 13 heavy (non-hydrogen) atoms. The van der Waals surface area contributed by atoms with Crippen molar-refractivity contribution in [3.05, 3.63) is 23.4 Å². The molecule has 0 aromatic carbocycles. The van der Waals surface area contributed by atoms with E-state index < -0.39 is 0 Å². The van der Waals surface area contributed by atoms with Crippen LogP contribution in [0.1, 0.15) is 13.3 Å². The van der Waals surface area contributed by atoms with Crippen molar-refractivity contribution in [2.75, 3.05) is 11.9 Å². The number of aliphatic hydroxyl groups is 1. The first-order valence-corrected chi connectivity index (χ1v) is 4.61. The highest BCUT2D eigenvalue weighted by molar-refractivity contribution is 6.29. The van der Waals surface area contributed by atoms with Crippen molar-refractivity contribution < 1.29 is 5.11 Å². The number of nitrogens with one attached hydrogen (secondary N) is 1. The van der Waals surface area contributed by atoms with Crippen LogP contribution in [-0.4, -0.2) is 22.7 Å². The number of anilines is 1. The number of hydrogen-bond acceptors (Lipinski definition) is 3. The minimum Gasteiger partial charge on any atom is -0.393 e. The molecule has 0 radical (unpaired) electrons. The summed E-state index contributed by atoms with van der Waals surface area (Å²) in [6.45, 7) is 2.46. The van der Waals surface area contributed by atoms with Crippen LogP contribution < -0.4 is 5.32 Å². The molecule has 0 bridgehead atoms. The minimum absolute atomic E-state index is 0.285. The maximum Gasteiger partial charge on any atom is 0.131 e. The van der Waals surface area contributed by atoms with Gasteiger partial charge in [-0.3, -0.25) is 0 Å². The molecule has 1 aromatic rings.